The standard InChI is InChI=1S/C20H14N2O4S/c1-24-13-5-2-11(3-6-13)14-9-27-20-17(14)19(23)21-18(22-20)12-4-7-15-16(8-12)26-10-25-15/h2-9H,10H2,1H3,(H,21,22,23). The molecule has 134 valence electrons. The van der Waals surface area contributed by atoms with E-state index in [2.05, 4.69) is 9.97 Å². The predicted octanol–water partition coefficient (Wildman–Crippen LogP) is 4.06. The zero-order valence-electron chi connectivity index (χ0n) is 14.3. The van der Waals surface area contributed by atoms with Crippen LogP contribution in [0.1, 0.15) is 0 Å². The predicted molar refractivity (Wildman–Crippen MR) is 104 cm³/mol. The first kappa shape index (κ1) is 15.9. The van der Waals surface area contributed by atoms with Crippen molar-refractivity contribution >= 4 is 21.6 Å². The van der Waals surface area contributed by atoms with E-state index in [1.165, 1.54) is 11.3 Å². The van der Waals surface area contributed by atoms with Crippen molar-refractivity contribution < 1.29 is 14.2 Å². The van der Waals surface area contributed by atoms with Gasteiger partial charge in [-0.3, -0.25) is 4.79 Å². The number of ether oxygens (including phenoxy) is 3. The van der Waals surface area contributed by atoms with Crippen LogP contribution in [0, 0.1) is 0 Å². The highest BCUT2D eigenvalue weighted by atomic mass is 32.1. The Bertz CT molecular complexity index is 1210. The lowest BCUT2D eigenvalue weighted by Gasteiger charge is -2.04. The van der Waals surface area contributed by atoms with Crippen LogP contribution < -0.4 is 19.8 Å². The second-order valence-electron chi connectivity index (χ2n) is 6.04. The Kier molecular flexibility index (Phi) is 3.61. The van der Waals surface area contributed by atoms with E-state index in [1.807, 2.05) is 47.8 Å². The molecule has 1 N–H and O–H groups in total. The summed E-state index contributed by atoms with van der Waals surface area (Å²) in [6, 6.07) is 13.1. The van der Waals surface area contributed by atoms with E-state index in [0.29, 0.717) is 27.5 Å². The average molecular weight is 378 g/mol. The maximum absolute atomic E-state index is 12.8. The van der Waals surface area contributed by atoms with Crippen LogP contribution in [0.5, 0.6) is 17.2 Å². The van der Waals surface area contributed by atoms with Crippen molar-refractivity contribution in [3.8, 4) is 39.8 Å². The van der Waals surface area contributed by atoms with Crippen LogP contribution in [-0.4, -0.2) is 23.9 Å². The van der Waals surface area contributed by atoms with Crippen molar-refractivity contribution in [2.24, 2.45) is 0 Å². The molecule has 5 rings (SSSR count). The van der Waals surface area contributed by atoms with Crippen molar-refractivity contribution in [3.63, 3.8) is 0 Å². The first-order valence-corrected chi connectivity index (χ1v) is 9.17. The van der Waals surface area contributed by atoms with Gasteiger partial charge in [-0.25, -0.2) is 4.98 Å². The Hall–Kier alpha value is -3.32. The van der Waals surface area contributed by atoms with Crippen LogP contribution in [-0.2, 0) is 0 Å². The minimum atomic E-state index is -0.167. The number of nitrogens with one attached hydrogen (secondary N) is 1. The Balaban J connectivity index is 1.61. The topological polar surface area (TPSA) is 73.4 Å². The van der Waals surface area contributed by atoms with Gasteiger partial charge < -0.3 is 19.2 Å². The number of rotatable bonds is 3. The molecule has 27 heavy (non-hydrogen) atoms. The van der Waals surface area contributed by atoms with Crippen LogP contribution >= 0.6 is 11.3 Å². The van der Waals surface area contributed by atoms with E-state index in [-0.39, 0.29) is 12.4 Å². The van der Waals surface area contributed by atoms with Crippen molar-refractivity contribution in [1.29, 1.82) is 0 Å². The number of methoxy groups -OCH3 is 1. The third kappa shape index (κ3) is 2.63. The Morgan fingerprint density at radius 2 is 1.85 bits per heavy atom. The van der Waals surface area contributed by atoms with Gasteiger partial charge in [-0.1, -0.05) is 12.1 Å². The lowest BCUT2D eigenvalue weighted by Crippen LogP contribution is -2.09. The summed E-state index contributed by atoms with van der Waals surface area (Å²) in [4.78, 5) is 21.1. The van der Waals surface area contributed by atoms with E-state index in [1.54, 1.807) is 7.11 Å². The highest BCUT2D eigenvalue weighted by Crippen LogP contribution is 2.36. The van der Waals surface area contributed by atoms with E-state index in [9.17, 15) is 4.79 Å². The highest BCUT2D eigenvalue weighted by molar-refractivity contribution is 7.17. The first-order valence-electron chi connectivity index (χ1n) is 8.29. The van der Waals surface area contributed by atoms with Gasteiger partial charge >= 0.3 is 0 Å². The number of hydrogen-bond acceptors (Lipinski definition) is 6. The summed E-state index contributed by atoms with van der Waals surface area (Å²) in [6.45, 7) is 0.206. The van der Waals surface area contributed by atoms with Gasteiger partial charge in [-0.2, -0.15) is 0 Å². The van der Waals surface area contributed by atoms with Crippen molar-refractivity contribution in [3.05, 3.63) is 58.2 Å². The molecule has 0 atom stereocenters. The number of H-pyrrole nitrogens is 1. The van der Waals surface area contributed by atoms with Crippen LogP contribution in [0.2, 0.25) is 0 Å². The Morgan fingerprint density at radius 3 is 2.67 bits per heavy atom. The van der Waals surface area contributed by atoms with Crippen LogP contribution in [0.25, 0.3) is 32.7 Å². The van der Waals surface area contributed by atoms with Gasteiger partial charge in [0.05, 0.1) is 12.5 Å². The van der Waals surface area contributed by atoms with Gasteiger partial charge in [0, 0.05) is 16.5 Å². The molecule has 1 aliphatic heterocycles. The first-order chi connectivity index (χ1) is 13.2. The molecule has 0 bridgehead atoms. The molecule has 1 aliphatic rings. The maximum Gasteiger partial charge on any atom is 0.260 e. The van der Waals surface area contributed by atoms with Gasteiger partial charge in [-0.05, 0) is 35.9 Å². The molecule has 0 unspecified atom stereocenters. The number of aromatic nitrogens is 2. The maximum atomic E-state index is 12.8. The monoisotopic (exact) mass is 378 g/mol. The molecule has 0 saturated carbocycles. The second-order valence-corrected chi connectivity index (χ2v) is 6.90. The normalized spacial score (nSPS) is 12.5. The van der Waals surface area contributed by atoms with Gasteiger partial charge in [0.15, 0.2) is 11.5 Å². The van der Waals surface area contributed by atoms with E-state index in [4.69, 9.17) is 14.2 Å². The quantitative estimate of drug-likeness (QED) is 0.582. The molecular weight excluding hydrogens is 364 g/mol. The molecule has 3 heterocycles. The van der Waals surface area contributed by atoms with E-state index >= 15 is 0 Å². The molecule has 0 fully saturated rings. The van der Waals surface area contributed by atoms with Gasteiger partial charge in [0.25, 0.3) is 5.56 Å². The third-order valence-electron chi connectivity index (χ3n) is 4.49. The number of nitrogens with zero attached hydrogens (tertiary/aromatic N) is 1. The fourth-order valence-electron chi connectivity index (χ4n) is 3.11. The van der Waals surface area contributed by atoms with Gasteiger partial charge in [-0.15, -0.1) is 11.3 Å². The van der Waals surface area contributed by atoms with Crippen molar-refractivity contribution in [2.45, 2.75) is 0 Å². The lowest BCUT2D eigenvalue weighted by atomic mass is 10.1. The molecule has 0 aliphatic carbocycles. The zero-order chi connectivity index (χ0) is 18.4. The SMILES string of the molecule is COc1ccc(-c2csc3nc(-c4ccc5c(c4)OCO5)[nH]c(=O)c23)cc1. The second kappa shape index (κ2) is 6.14. The average Bonchev–Trinajstić information content (AvgIpc) is 3.34. The number of aromatic amines is 1. The van der Waals surface area contributed by atoms with E-state index in [0.717, 1.165) is 22.4 Å². The third-order valence-corrected chi connectivity index (χ3v) is 5.36. The molecule has 7 heteroatoms. The largest absolute Gasteiger partial charge is 0.497 e. The number of thiophene rings is 1. The number of benzene rings is 2. The Labute approximate surface area is 158 Å². The smallest absolute Gasteiger partial charge is 0.260 e. The summed E-state index contributed by atoms with van der Waals surface area (Å²) in [5, 5.41) is 2.55. The molecule has 0 spiro atoms. The zero-order valence-corrected chi connectivity index (χ0v) is 15.1. The van der Waals surface area contributed by atoms with Crippen LogP contribution in [0.3, 0.4) is 0 Å². The summed E-state index contributed by atoms with van der Waals surface area (Å²) in [5.74, 6) is 2.63. The van der Waals surface area contributed by atoms with Gasteiger partial charge in [0.1, 0.15) is 16.4 Å². The minimum Gasteiger partial charge on any atom is -0.497 e. The summed E-state index contributed by atoms with van der Waals surface area (Å²) in [5.41, 5.74) is 2.42. The number of fused-ring (bicyclic) bond motifs is 2. The fraction of sp³-hybridized carbons (Fsp3) is 0.100. The van der Waals surface area contributed by atoms with Crippen molar-refractivity contribution in [1.82, 2.24) is 9.97 Å². The molecule has 0 amide bonds. The molecule has 2 aromatic carbocycles. The van der Waals surface area contributed by atoms with E-state index < -0.39 is 0 Å². The highest BCUT2D eigenvalue weighted by Gasteiger charge is 2.17. The summed E-state index contributed by atoms with van der Waals surface area (Å²) in [6.07, 6.45) is 0. The summed E-state index contributed by atoms with van der Waals surface area (Å²) < 4.78 is 15.9. The molecule has 0 radical (unpaired) electrons. The molecule has 4 aromatic rings. The van der Waals surface area contributed by atoms with Crippen LogP contribution in [0.15, 0.2) is 52.6 Å². The molecule has 6 nitrogen and oxygen atoms in total. The van der Waals surface area contributed by atoms with Crippen molar-refractivity contribution in [2.75, 3.05) is 13.9 Å². The molecule has 2 aromatic heterocycles. The minimum absolute atomic E-state index is 0.167. The number of hydrogen-bond donors (Lipinski definition) is 1. The summed E-state index contributed by atoms with van der Waals surface area (Å²) in [7, 11) is 1.63. The van der Waals surface area contributed by atoms with Crippen LogP contribution in [0.4, 0.5) is 0 Å². The Morgan fingerprint density at radius 1 is 1.07 bits per heavy atom. The van der Waals surface area contributed by atoms with Gasteiger partial charge in [0.2, 0.25) is 6.79 Å². The summed E-state index contributed by atoms with van der Waals surface area (Å²) >= 11 is 1.45. The lowest BCUT2D eigenvalue weighted by molar-refractivity contribution is 0.174. The molecule has 0 saturated heterocycles. The fourth-order valence-corrected chi connectivity index (χ4v) is 4.06. The molecular formula is C20H14N2O4S.